The van der Waals surface area contributed by atoms with Gasteiger partial charge in [0.1, 0.15) is 5.82 Å². The molecule has 5 nitrogen and oxygen atoms in total. The van der Waals surface area contributed by atoms with Crippen LogP contribution in [0.2, 0.25) is 0 Å². The number of anilines is 1. The van der Waals surface area contributed by atoms with Gasteiger partial charge in [-0.15, -0.1) is 0 Å². The van der Waals surface area contributed by atoms with Crippen molar-refractivity contribution in [3.8, 4) is 0 Å². The van der Waals surface area contributed by atoms with Gasteiger partial charge in [-0.05, 0) is 31.8 Å². The average Bonchev–Trinajstić information content (AvgIpc) is 2.28. The third-order valence-corrected chi connectivity index (χ3v) is 2.65. The summed E-state index contributed by atoms with van der Waals surface area (Å²) in [6, 6.07) is 1.48. The Kier molecular flexibility index (Phi) is 3.34. The molecule has 1 aliphatic rings. The summed E-state index contributed by atoms with van der Waals surface area (Å²) in [5.74, 6) is 1.30. The summed E-state index contributed by atoms with van der Waals surface area (Å²) in [6.07, 6.45) is 3.89. The van der Waals surface area contributed by atoms with Crippen LogP contribution < -0.4 is 16.2 Å². The maximum Gasteiger partial charge on any atom is 0.252 e. The van der Waals surface area contributed by atoms with E-state index >= 15 is 0 Å². The highest BCUT2D eigenvalue weighted by Crippen LogP contribution is 2.10. The Hall–Kier alpha value is -1.36. The molecule has 1 saturated heterocycles. The van der Waals surface area contributed by atoms with Crippen molar-refractivity contribution in [3.05, 3.63) is 22.7 Å². The van der Waals surface area contributed by atoms with Gasteiger partial charge in [0.15, 0.2) is 0 Å². The molecule has 0 aromatic carbocycles. The summed E-state index contributed by atoms with van der Waals surface area (Å²) < 4.78 is 0. The van der Waals surface area contributed by atoms with Gasteiger partial charge in [-0.25, -0.2) is 4.98 Å². The molecule has 0 radical (unpaired) electrons. The molecule has 0 spiro atoms. The maximum absolute atomic E-state index is 11.0. The van der Waals surface area contributed by atoms with E-state index in [4.69, 9.17) is 0 Å². The topological polar surface area (TPSA) is 69.8 Å². The van der Waals surface area contributed by atoms with Crippen molar-refractivity contribution in [2.45, 2.75) is 12.8 Å². The molecule has 5 heteroatoms. The highest BCUT2D eigenvalue weighted by molar-refractivity contribution is 5.31. The summed E-state index contributed by atoms with van der Waals surface area (Å²) in [7, 11) is 0. The van der Waals surface area contributed by atoms with Crippen LogP contribution in [0, 0.1) is 5.92 Å². The second-order valence-electron chi connectivity index (χ2n) is 3.89. The number of piperidine rings is 1. The summed E-state index contributed by atoms with van der Waals surface area (Å²) in [4.78, 5) is 17.5. The third-order valence-electron chi connectivity index (χ3n) is 2.65. The fraction of sp³-hybridized carbons (Fsp3) is 0.600. The Balaban J connectivity index is 1.84. The van der Waals surface area contributed by atoms with Crippen LogP contribution in [-0.2, 0) is 0 Å². The molecular weight excluding hydrogens is 192 g/mol. The van der Waals surface area contributed by atoms with Crippen molar-refractivity contribution in [1.82, 2.24) is 15.3 Å². The van der Waals surface area contributed by atoms with Crippen molar-refractivity contribution in [1.29, 1.82) is 0 Å². The quantitative estimate of drug-likeness (QED) is 0.663. The van der Waals surface area contributed by atoms with Crippen molar-refractivity contribution >= 4 is 5.82 Å². The first-order chi connectivity index (χ1) is 7.34. The Morgan fingerprint density at radius 3 is 3.27 bits per heavy atom. The SMILES string of the molecule is O=c1cc(NCC2CCCNC2)nc[nH]1. The second kappa shape index (κ2) is 4.93. The molecule has 1 fully saturated rings. The van der Waals surface area contributed by atoms with E-state index in [1.54, 1.807) is 0 Å². The molecule has 1 atom stereocenters. The lowest BCUT2D eigenvalue weighted by atomic mass is 10.00. The molecule has 2 rings (SSSR count). The number of aromatic nitrogens is 2. The number of rotatable bonds is 3. The lowest BCUT2D eigenvalue weighted by Gasteiger charge is -2.22. The van der Waals surface area contributed by atoms with E-state index in [1.165, 1.54) is 25.2 Å². The van der Waals surface area contributed by atoms with Gasteiger partial charge < -0.3 is 15.6 Å². The molecule has 1 aromatic heterocycles. The van der Waals surface area contributed by atoms with Gasteiger partial charge in [-0.3, -0.25) is 4.79 Å². The Labute approximate surface area is 88.3 Å². The highest BCUT2D eigenvalue weighted by Gasteiger charge is 2.12. The maximum atomic E-state index is 11.0. The second-order valence-corrected chi connectivity index (χ2v) is 3.89. The molecule has 15 heavy (non-hydrogen) atoms. The van der Waals surface area contributed by atoms with Gasteiger partial charge in [-0.2, -0.15) is 0 Å². The molecular formula is C10H16N4O. The molecule has 82 valence electrons. The molecule has 1 unspecified atom stereocenters. The fourth-order valence-electron chi connectivity index (χ4n) is 1.81. The number of hydrogen-bond donors (Lipinski definition) is 3. The molecule has 1 aliphatic heterocycles. The Morgan fingerprint density at radius 2 is 2.53 bits per heavy atom. The van der Waals surface area contributed by atoms with Crippen LogP contribution in [0.15, 0.2) is 17.2 Å². The number of nitrogens with one attached hydrogen (secondary N) is 3. The monoisotopic (exact) mass is 208 g/mol. The standard InChI is InChI=1S/C10H16N4O/c15-10-4-9(13-7-14-10)12-6-8-2-1-3-11-5-8/h4,7-8,11H,1-3,5-6H2,(H2,12,13,14,15). The Bertz CT molecular complexity index is 356. The van der Waals surface area contributed by atoms with Crippen LogP contribution in [0.1, 0.15) is 12.8 Å². The molecule has 0 saturated carbocycles. The van der Waals surface area contributed by atoms with Gasteiger partial charge in [0.2, 0.25) is 0 Å². The van der Waals surface area contributed by atoms with Gasteiger partial charge >= 0.3 is 0 Å². The van der Waals surface area contributed by atoms with E-state index in [1.807, 2.05) is 0 Å². The van der Waals surface area contributed by atoms with Gasteiger partial charge in [-0.1, -0.05) is 0 Å². The molecule has 0 amide bonds. The van der Waals surface area contributed by atoms with Gasteiger partial charge in [0, 0.05) is 12.6 Å². The van der Waals surface area contributed by atoms with E-state index in [0.717, 1.165) is 19.6 Å². The Morgan fingerprint density at radius 1 is 1.60 bits per heavy atom. The zero-order valence-electron chi connectivity index (χ0n) is 8.62. The first-order valence-electron chi connectivity index (χ1n) is 5.34. The zero-order valence-corrected chi connectivity index (χ0v) is 8.62. The van der Waals surface area contributed by atoms with Crippen LogP contribution in [0.5, 0.6) is 0 Å². The summed E-state index contributed by atoms with van der Waals surface area (Å²) in [6.45, 7) is 3.05. The molecule has 1 aromatic rings. The zero-order chi connectivity index (χ0) is 10.5. The molecule has 3 N–H and O–H groups in total. The summed E-state index contributed by atoms with van der Waals surface area (Å²) >= 11 is 0. The molecule has 2 heterocycles. The normalized spacial score (nSPS) is 21.2. The van der Waals surface area contributed by atoms with E-state index in [9.17, 15) is 4.79 Å². The minimum Gasteiger partial charge on any atom is -0.370 e. The lowest BCUT2D eigenvalue weighted by molar-refractivity contribution is 0.392. The van der Waals surface area contributed by atoms with Crippen molar-refractivity contribution < 1.29 is 0 Å². The predicted octanol–water partition coefficient (Wildman–Crippen LogP) is 0.181. The van der Waals surface area contributed by atoms with Crippen molar-refractivity contribution in [2.75, 3.05) is 25.0 Å². The number of nitrogens with zero attached hydrogens (tertiary/aromatic N) is 1. The van der Waals surface area contributed by atoms with Gasteiger partial charge in [0.25, 0.3) is 5.56 Å². The van der Waals surface area contributed by atoms with E-state index in [2.05, 4.69) is 20.6 Å². The molecule has 0 aliphatic carbocycles. The highest BCUT2D eigenvalue weighted by atomic mass is 16.1. The summed E-state index contributed by atoms with van der Waals surface area (Å²) in [5.41, 5.74) is -0.116. The first-order valence-corrected chi connectivity index (χ1v) is 5.34. The van der Waals surface area contributed by atoms with Crippen molar-refractivity contribution in [2.24, 2.45) is 5.92 Å². The van der Waals surface area contributed by atoms with Crippen molar-refractivity contribution in [3.63, 3.8) is 0 Å². The summed E-state index contributed by atoms with van der Waals surface area (Å²) in [5, 5.41) is 6.54. The van der Waals surface area contributed by atoms with Gasteiger partial charge in [0.05, 0.1) is 6.33 Å². The van der Waals surface area contributed by atoms with E-state index in [0.29, 0.717) is 11.7 Å². The van der Waals surface area contributed by atoms with Crippen LogP contribution >= 0.6 is 0 Å². The largest absolute Gasteiger partial charge is 0.370 e. The van der Waals surface area contributed by atoms with E-state index in [-0.39, 0.29) is 5.56 Å². The predicted molar refractivity (Wildman–Crippen MR) is 58.9 cm³/mol. The van der Waals surface area contributed by atoms with Crippen LogP contribution in [0.4, 0.5) is 5.82 Å². The minimum absolute atomic E-state index is 0.116. The minimum atomic E-state index is -0.116. The molecule has 0 bridgehead atoms. The van der Waals surface area contributed by atoms with E-state index < -0.39 is 0 Å². The lowest BCUT2D eigenvalue weighted by Crippen LogP contribution is -2.33. The van der Waals surface area contributed by atoms with Crippen LogP contribution in [-0.4, -0.2) is 29.6 Å². The number of H-pyrrole nitrogens is 1. The third kappa shape index (κ3) is 3.06. The van der Waals surface area contributed by atoms with Crippen LogP contribution in [0.3, 0.4) is 0 Å². The fourth-order valence-corrected chi connectivity index (χ4v) is 1.81. The first kappa shape index (κ1) is 10.2. The average molecular weight is 208 g/mol. The number of aromatic amines is 1. The smallest absolute Gasteiger partial charge is 0.252 e. The number of hydrogen-bond acceptors (Lipinski definition) is 4. The van der Waals surface area contributed by atoms with Crippen LogP contribution in [0.25, 0.3) is 0 Å².